The molecule has 2 nitrogen and oxygen atoms in total. The van der Waals surface area contributed by atoms with Crippen molar-refractivity contribution in [3.63, 3.8) is 0 Å². The molecule has 0 amide bonds. The second-order valence-electron chi connectivity index (χ2n) is 4.35. The zero-order valence-corrected chi connectivity index (χ0v) is 11.6. The van der Waals surface area contributed by atoms with Gasteiger partial charge in [0.05, 0.1) is 9.13 Å². The van der Waals surface area contributed by atoms with Gasteiger partial charge in [-0.2, -0.15) is 0 Å². The Labute approximate surface area is 110 Å². The Bertz CT molecular complexity index is 467. The van der Waals surface area contributed by atoms with E-state index in [2.05, 4.69) is 0 Å². The van der Waals surface area contributed by atoms with Crippen LogP contribution < -0.4 is 0 Å². The van der Waals surface area contributed by atoms with Gasteiger partial charge in [0.2, 0.25) is 0 Å². The molecular weight excluding hydrogens is 348 g/mol. The van der Waals surface area contributed by atoms with E-state index in [0.29, 0.717) is 6.07 Å². The van der Waals surface area contributed by atoms with E-state index in [-0.39, 0.29) is 0 Å². The van der Waals surface area contributed by atoms with Crippen molar-refractivity contribution in [2.75, 3.05) is 0 Å². The number of carbonyl (C=O) groups excluding carboxylic acids is 1. The van der Waals surface area contributed by atoms with E-state index in [1.807, 2.05) is 0 Å². The molecule has 0 aliphatic rings. The molecule has 94 valence electrons. The monoisotopic (exact) mass is 358 g/mol. The molecule has 0 N–H and O–H groups in total. The molecule has 0 radical (unpaired) electrons. The van der Waals surface area contributed by atoms with Gasteiger partial charge in [0.25, 0.3) is 0 Å². The predicted molar refractivity (Wildman–Crippen MR) is 64.2 cm³/mol. The molecule has 0 aliphatic heterocycles. The highest BCUT2D eigenvalue weighted by Crippen LogP contribution is 2.23. The Morgan fingerprint density at radius 1 is 1.24 bits per heavy atom. The van der Waals surface area contributed by atoms with Crippen LogP contribution in [-0.2, 0) is 4.74 Å². The lowest BCUT2D eigenvalue weighted by Crippen LogP contribution is -2.25. The van der Waals surface area contributed by atoms with Gasteiger partial charge in [-0.15, -0.1) is 0 Å². The maximum atomic E-state index is 13.6. The van der Waals surface area contributed by atoms with Gasteiger partial charge in [-0.25, -0.2) is 18.0 Å². The van der Waals surface area contributed by atoms with E-state index in [4.69, 9.17) is 4.74 Å². The lowest BCUT2D eigenvalue weighted by atomic mass is 10.1. The lowest BCUT2D eigenvalue weighted by Gasteiger charge is -2.19. The highest BCUT2D eigenvalue weighted by atomic mass is 127. The van der Waals surface area contributed by atoms with E-state index >= 15 is 0 Å². The highest BCUT2D eigenvalue weighted by molar-refractivity contribution is 14.1. The zero-order valence-electron chi connectivity index (χ0n) is 9.41. The van der Waals surface area contributed by atoms with E-state index in [0.717, 1.165) is 0 Å². The molecule has 17 heavy (non-hydrogen) atoms. The van der Waals surface area contributed by atoms with Crippen LogP contribution in [0.2, 0.25) is 0 Å². The number of benzene rings is 1. The van der Waals surface area contributed by atoms with Crippen molar-refractivity contribution in [1.82, 2.24) is 0 Å². The number of halogens is 4. The zero-order chi connectivity index (χ0) is 13.4. The second-order valence-corrected chi connectivity index (χ2v) is 5.43. The maximum absolute atomic E-state index is 13.6. The summed E-state index contributed by atoms with van der Waals surface area (Å²) in [6.45, 7) is 4.77. The molecule has 0 aromatic heterocycles. The second kappa shape index (κ2) is 4.83. The van der Waals surface area contributed by atoms with Crippen molar-refractivity contribution in [3.05, 3.63) is 32.7 Å². The number of rotatable bonds is 1. The standard InChI is InChI=1S/C11H10F3IO2/c1-11(2,3)17-10(16)5-4-6(12)8(14)9(15)7(5)13/h4H,1-3H3. The van der Waals surface area contributed by atoms with Crippen LogP contribution in [0.3, 0.4) is 0 Å². The van der Waals surface area contributed by atoms with Gasteiger partial charge < -0.3 is 4.74 Å². The van der Waals surface area contributed by atoms with Crippen molar-refractivity contribution in [1.29, 1.82) is 0 Å². The van der Waals surface area contributed by atoms with Crippen LogP contribution in [0.4, 0.5) is 13.2 Å². The fraction of sp³-hybridized carbons (Fsp3) is 0.364. The molecule has 1 aromatic carbocycles. The minimum Gasteiger partial charge on any atom is -0.456 e. The average molecular weight is 358 g/mol. The Morgan fingerprint density at radius 3 is 2.24 bits per heavy atom. The van der Waals surface area contributed by atoms with Crippen LogP contribution in [-0.4, -0.2) is 11.6 Å². The van der Waals surface area contributed by atoms with Gasteiger partial charge >= 0.3 is 5.97 Å². The minimum atomic E-state index is -1.31. The molecule has 0 fully saturated rings. The largest absolute Gasteiger partial charge is 0.456 e. The summed E-state index contributed by atoms with van der Waals surface area (Å²) >= 11 is 1.29. The number of hydrogen-bond donors (Lipinski definition) is 0. The number of esters is 1. The molecule has 0 heterocycles. The van der Waals surface area contributed by atoms with Gasteiger partial charge in [-0.3, -0.25) is 0 Å². The number of hydrogen-bond acceptors (Lipinski definition) is 2. The van der Waals surface area contributed by atoms with Crippen LogP contribution in [0.1, 0.15) is 31.1 Å². The summed E-state index contributed by atoms with van der Waals surface area (Å²) in [5.41, 5.74) is -1.44. The predicted octanol–water partition coefficient (Wildman–Crippen LogP) is 3.66. The molecule has 1 rings (SSSR count). The highest BCUT2D eigenvalue weighted by Gasteiger charge is 2.25. The smallest absolute Gasteiger partial charge is 0.341 e. The van der Waals surface area contributed by atoms with E-state index in [9.17, 15) is 18.0 Å². The number of ether oxygens (including phenoxy) is 1. The first-order valence-electron chi connectivity index (χ1n) is 4.70. The molecule has 0 saturated carbocycles. The van der Waals surface area contributed by atoms with Crippen LogP contribution in [0, 0.1) is 21.0 Å². The Balaban J connectivity index is 3.20. The van der Waals surface area contributed by atoms with Gasteiger partial charge in [-0.1, -0.05) is 0 Å². The van der Waals surface area contributed by atoms with Crippen molar-refractivity contribution in [2.24, 2.45) is 0 Å². The van der Waals surface area contributed by atoms with Gasteiger partial charge in [0.1, 0.15) is 5.60 Å². The van der Waals surface area contributed by atoms with Crippen molar-refractivity contribution in [2.45, 2.75) is 26.4 Å². The number of carbonyl (C=O) groups is 1. The first-order valence-corrected chi connectivity index (χ1v) is 5.77. The molecule has 0 saturated heterocycles. The molecule has 1 aromatic rings. The normalized spacial score (nSPS) is 11.5. The fourth-order valence-electron chi connectivity index (χ4n) is 1.05. The molecule has 0 unspecified atom stereocenters. The van der Waals surface area contributed by atoms with Crippen LogP contribution in [0.5, 0.6) is 0 Å². The third kappa shape index (κ3) is 3.34. The average Bonchev–Trinajstić information content (AvgIpc) is 2.17. The van der Waals surface area contributed by atoms with Gasteiger partial charge in [0, 0.05) is 0 Å². The third-order valence-electron chi connectivity index (χ3n) is 1.72. The Kier molecular flexibility index (Phi) is 4.06. The van der Waals surface area contributed by atoms with E-state index < -0.39 is 38.2 Å². The van der Waals surface area contributed by atoms with Gasteiger partial charge in [-0.05, 0) is 49.4 Å². The summed E-state index contributed by atoms with van der Waals surface area (Å²) in [5, 5.41) is 0. The summed E-state index contributed by atoms with van der Waals surface area (Å²) < 4.78 is 43.9. The lowest BCUT2D eigenvalue weighted by molar-refractivity contribution is 0.00637. The molecule has 0 bridgehead atoms. The molecule has 0 atom stereocenters. The van der Waals surface area contributed by atoms with Crippen LogP contribution in [0.25, 0.3) is 0 Å². The first kappa shape index (κ1) is 14.3. The SMILES string of the molecule is CC(C)(C)OC(=O)c1cc(F)c(F)c(I)c1F. The summed E-state index contributed by atoms with van der Waals surface area (Å²) in [6.07, 6.45) is 0. The Morgan fingerprint density at radius 2 is 1.76 bits per heavy atom. The summed E-state index contributed by atoms with van der Waals surface area (Å²) in [6, 6.07) is 0.501. The third-order valence-corrected chi connectivity index (χ3v) is 2.67. The topological polar surface area (TPSA) is 26.3 Å². The Hall–Kier alpha value is -0.790. The van der Waals surface area contributed by atoms with Crippen molar-refractivity contribution in [3.8, 4) is 0 Å². The quantitative estimate of drug-likeness (QED) is 0.332. The van der Waals surface area contributed by atoms with Crippen molar-refractivity contribution < 1.29 is 22.7 Å². The minimum absolute atomic E-state index is 0.501. The van der Waals surface area contributed by atoms with Gasteiger partial charge in [0.15, 0.2) is 17.5 Å². The molecule has 0 aliphatic carbocycles. The summed E-state index contributed by atoms with van der Waals surface area (Å²) in [4.78, 5) is 11.5. The van der Waals surface area contributed by atoms with Crippen LogP contribution in [0.15, 0.2) is 6.07 Å². The fourth-order valence-corrected chi connectivity index (χ4v) is 1.60. The summed E-state index contributed by atoms with van der Waals surface area (Å²) in [7, 11) is 0. The first-order chi connectivity index (χ1) is 7.63. The summed E-state index contributed by atoms with van der Waals surface area (Å²) in [5.74, 6) is -4.72. The molecule has 6 heteroatoms. The van der Waals surface area contributed by atoms with Crippen molar-refractivity contribution >= 4 is 28.6 Å². The molecule has 0 spiro atoms. The van der Waals surface area contributed by atoms with E-state index in [1.165, 1.54) is 22.6 Å². The van der Waals surface area contributed by atoms with Crippen LogP contribution >= 0.6 is 22.6 Å². The molecular formula is C11H10F3IO2. The maximum Gasteiger partial charge on any atom is 0.341 e. The van der Waals surface area contributed by atoms with E-state index in [1.54, 1.807) is 20.8 Å².